The molecule has 1 aromatic heterocycles. The summed E-state index contributed by atoms with van der Waals surface area (Å²) < 4.78 is 16.6. The summed E-state index contributed by atoms with van der Waals surface area (Å²) >= 11 is 0. The van der Waals surface area contributed by atoms with Crippen molar-refractivity contribution in [1.82, 2.24) is 9.88 Å². The molecule has 1 fully saturated rings. The average molecular weight is 469 g/mol. The summed E-state index contributed by atoms with van der Waals surface area (Å²) in [6.45, 7) is 3.15. The van der Waals surface area contributed by atoms with Gasteiger partial charge < -0.3 is 14.2 Å². The van der Waals surface area contributed by atoms with Gasteiger partial charge in [0.15, 0.2) is 11.5 Å². The minimum absolute atomic E-state index is 0.427. The Balaban J connectivity index is 1.48. The summed E-state index contributed by atoms with van der Waals surface area (Å²) in [6.07, 6.45) is 2.20. The Labute approximate surface area is 207 Å². The number of fused-ring (bicyclic) bond motifs is 1. The third-order valence-corrected chi connectivity index (χ3v) is 6.99. The largest absolute Gasteiger partial charge is 0.497 e. The molecule has 5 heteroatoms. The van der Waals surface area contributed by atoms with Gasteiger partial charge in [-0.25, -0.2) is 0 Å². The van der Waals surface area contributed by atoms with Crippen LogP contribution in [0.25, 0.3) is 22.0 Å². The molecule has 0 bridgehead atoms. The average Bonchev–Trinajstić information content (AvgIpc) is 2.92. The van der Waals surface area contributed by atoms with Gasteiger partial charge >= 0.3 is 0 Å². The van der Waals surface area contributed by atoms with E-state index in [-0.39, 0.29) is 0 Å². The van der Waals surface area contributed by atoms with Crippen LogP contribution in [0.15, 0.2) is 72.8 Å². The lowest BCUT2D eigenvalue weighted by Gasteiger charge is -2.32. The van der Waals surface area contributed by atoms with Crippen molar-refractivity contribution in [3.05, 3.63) is 84.1 Å². The van der Waals surface area contributed by atoms with Crippen LogP contribution in [-0.2, 0) is 6.54 Å². The molecule has 2 heterocycles. The molecule has 0 amide bonds. The Hall–Kier alpha value is -3.57. The van der Waals surface area contributed by atoms with Crippen LogP contribution in [0.5, 0.6) is 17.2 Å². The summed E-state index contributed by atoms with van der Waals surface area (Å²) in [5.74, 6) is 2.68. The molecule has 3 aromatic carbocycles. The highest BCUT2D eigenvalue weighted by molar-refractivity contribution is 5.96. The van der Waals surface area contributed by atoms with E-state index in [2.05, 4.69) is 53.4 Å². The normalized spacial score (nSPS) is 14.7. The van der Waals surface area contributed by atoms with E-state index in [0.29, 0.717) is 17.4 Å². The van der Waals surface area contributed by atoms with E-state index in [1.165, 1.54) is 5.56 Å². The molecule has 1 aliphatic heterocycles. The van der Waals surface area contributed by atoms with Crippen LogP contribution >= 0.6 is 0 Å². The third-order valence-electron chi connectivity index (χ3n) is 6.99. The number of nitrogens with zero attached hydrogens (tertiary/aromatic N) is 2. The number of aromatic nitrogens is 1. The first-order valence-electron chi connectivity index (χ1n) is 12.2. The van der Waals surface area contributed by atoms with Crippen LogP contribution in [-0.4, -0.2) is 44.3 Å². The van der Waals surface area contributed by atoms with Crippen molar-refractivity contribution < 1.29 is 14.2 Å². The zero-order valence-corrected chi connectivity index (χ0v) is 20.7. The lowest BCUT2D eigenvalue weighted by molar-refractivity contribution is 0.203. The van der Waals surface area contributed by atoms with Gasteiger partial charge in [0.05, 0.1) is 26.8 Å². The number of pyridine rings is 1. The molecule has 5 rings (SSSR count). The second-order valence-corrected chi connectivity index (χ2v) is 9.08. The van der Waals surface area contributed by atoms with Crippen LogP contribution in [0.1, 0.15) is 30.0 Å². The van der Waals surface area contributed by atoms with Crippen LogP contribution in [0.3, 0.4) is 0 Å². The standard InChI is InChI=1S/C30H32N2O3/c1-33-24-11-9-22(10-12-24)25-17-27(31-28-19-30(35-3)29(34-2)18-26(25)28)23-13-15-32(16-14-23)20-21-7-5-4-6-8-21/h4-12,17-19,23H,13-16,20H2,1-3H3. The number of benzene rings is 3. The van der Waals surface area contributed by atoms with E-state index < -0.39 is 0 Å². The molecular weight excluding hydrogens is 436 g/mol. The lowest BCUT2D eigenvalue weighted by Crippen LogP contribution is -2.32. The first kappa shape index (κ1) is 23.2. The predicted molar refractivity (Wildman–Crippen MR) is 141 cm³/mol. The molecule has 0 unspecified atom stereocenters. The van der Waals surface area contributed by atoms with Crippen molar-refractivity contribution in [2.45, 2.75) is 25.3 Å². The summed E-state index contributed by atoms with van der Waals surface area (Å²) in [6, 6.07) is 25.2. The second kappa shape index (κ2) is 10.4. The van der Waals surface area contributed by atoms with Crippen molar-refractivity contribution in [3.63, 3.8) is 0 Å². The number of ether oxygens (including phenoxy) is 3. The minimum Gasteiger partial charge on any atom is -0.497 e. The summed E-state index contributed by atoms with van der Waals surface area (Å²) in [4.78, 5) is 7.68. The molecule has 0 N–H and O–H groups in total. The van der Waals surface area contributed by atoms with Crippen LogP contribution in [0.2, 0.25) is 0 Å². The van der Waals surface area contributed by atoms with Crippen molar-refractivity contribution in [1.29, 1.82) is 0 Å². The smallest absolute Gasteiger partial charge is 0.162 e. The molecule has 0 saturated carbocycles. The Morgan fingerprint density at radius 1 is 0.800 bits per heavy atom. The monoisotopic (exact) mass is 468 g/mol. The number of likely N-dealkylation sites (tertiary alicyclic amines) is 1. The number of piperidine rings is 1. The van der Waals surface area contributed by atoms with E-state index in [1.807, 2.05) is 24.3 Å². The first-order valence-corrected chi connectivity index (χ1v) is 12.2. The highest BCUT2D eigenvalue weighted by atomic mass is 16.5. The highest BCUT2D eigenvalue weighted by Crippen LogP contribution is 2.39. The highest BCUT2D eigenvalue weighted by Gasteiger charge is 2.23. The van der Waals surface area contributed by atoms with E-state index >= 15 is 0 Å². The van der Waals surface area contributed by atoms with Crippen molar-refractivity contribution in [2.75, 3.05) is 34.4 Å². The minimum atomic E-state index is 0.427. The summed E-state index contributed by atoms with van der Waals surface area (Å²) in [5, 5.41) is 1.05. The van der Waals surface area contributed by atoms with Crippen LogP contribution in [0.4, 0.5) is 0 Å². The zero-order valence-electron chi connectivity index (χ0n) is 20.7. The molecule has 5 nitrogen and oxygen atoms in total. The topological polar surface area (TPSA) is 43.8 Å². The zero-order chi connectivity index (χ0) is 24.2. The van der Waals surface area contributed by atoms with E-state index in [9.17, 15) is 0 Å². The molecule has 1 saturated heterocycles. The molecular formula is C30H32N2O3. The number of rotatable bonds is 7. The van der Waals surface area contributed by atoms with Gasteiger partial charge in [0.2, 0.25) is 0 Å². The second-order valence-electron chi connectivity index (χ2n) is 9.08. The number of methoxy groups -OCH3 is 3. The fourth-order valence-electron chi connectivity index (χ4n) is 5.02. The maximum atomic E-state index is 5.60. The maximum Gasteiger partial charge on any atom is 0.162 e. The van der Waals surface area contributed by atoms with Crippen molar-refractivity contribution in [3.8, 4) is 28.4 Å². The molecule has 1 aliphatic rings. The van der Waals surface area contributed by atoms with Crippen molar-refractivity contribution in [2.24, 2.45) is 0 Å². The fraction of sp³-hybridized carbons (Fsp3) is 0.300. The Bertz CT molecular complexity index is 1280. The Morgan fingerprint density at radius 3 is 2.14 bits per heavy atom. The van der Waals surface area contributed by atoms with Gasteiger partial charge in [-0.2, -0.15) is 0 Å². The van der Waals surface area contributed by atoms with Gasteiger partial charge in [0, 0.05) is 29.6 Å². The fourth-order valence-corrected chi connectivity index (χ4v) is 5.02. The maximum absolute atomic E-state index is 5.60. The number of hydrogen-bond acceptors (Lipinski definition) is 5. The molecule has 0 spiro atoms. The van der Waals surface area contributed by atoms with Gasteiger partial charge in [-0.3, -0.25) is 9.88 Å². The van der Waals surface area contributed by atoms with Gasteiger partial charge in [0.1, 0.15) is 5.75 Å². The van der Waals surface area contributed by atoms with Gasteiger partial charge in [-0.1, -0.05) is 42.5 Å². The third kappa shape index (κ3) is 4.96. The number of hydrogen-bond donors (Lipinski definition) is 0. The Morgan fingerprint density at radius 2 is 1.49 bits per heavy atom. The van der Waals surface area contributed by atoms with Crippen LogP contribution in [0, 0.1) is 0 Å². The van der Waals surface area contributed by atoms with E-state index in [0.717, 1.165) is 65.9 Å². The molecule has 0 atom stereocenters. The molecule has 0 radical (unpaired) electrons. The lowest BCUT2D eigenvalue weighted by atomic mass is 9.90. The van der Waals surface area contributed by atoms with Crippen molar-refractivity contribution >= 4 is 10.9 Å². The summed E-state index contributed by atoms with van der Waals surface area (Å²) in [7, 11) is 5.03. The quantitative estimate of drug-likeness (QED) is 0.318. The first-order chi connectivity index (χ1) is 17.2. The van der Waals surface area contributed by atoms with Crippen LogP contribution < -0.4 is 14.2 Å². The van der Waals surface area contributed by atoms with E-state index in [4.69, 9.17) is 19.2 Å². The molecule has 35 heavy (non-hydrogen) atoms. The molecule has 0 aliphatic carbocycles. The summed E-state index contributed by atoms with van der Waals surface area (Å²) in [5.41, 5.74) is 5.73. The molecule has 4 aromatic rings. The van der Waals surface area contributed by atoms with Gasteiger partial charge in [0.25, 0.3) is 0 Å². The Kier molecular flexibility index (Phi) is 6.87. The van der Waals surface area contributed by atoms with Gasteiger partial charge in [-0.05, 0) is 66.9 Å². The van der Waals surface area contributed by atoms with E-state index in [1.54, 1.807) is 21.3 Å². The van der Waals surface area contributed by atoms with Gasteiger partial charge in [-0.15, -0.1) is 0 Å². The molecule has 180 valence electrons. The SMILES string of the molecule is COc1ccc(-c2cc(C3CCN(Cc4ccccc4)CC3)nc3cc(OC)c(OC)cc23)cc1. The predicted octanol–water partition coefficient (Wildman–Crippen LogP) is 6.31.